The number of sulfonamides is 1. The van der Waals surface area contributed by atoms with Crippen LogP contribution in [0.1, 0.15) is 38.5 Å². The summed E-state index contributed by atoms with van der Waals surface area (Å²) in [5.74, 6) is 0.151. The molecule has 6 unspecified atom stereocenters. The SMILES string of the molecule is N#CC1CC2CC2N1C(=O)C(N)C1CC2CCC(C1)N2C(=O)NS(=O)(=O)c1ccc(Cl)cc1. The average molecular weight is 492 g/mol. The first-order valence-corrected chi connectivity index (χ1v) is 13.1. The molecule has 4 fully saturated rings. The normalized spacial score (nSPS) is 33.2. The molecule has 2 bridgehead atoms. The summed E-state index contributed by atoms with van der Waals surface area (Å²) in [5, 5.41) is 9.80. The fraction of sp³-hybridized carbons (Fsp3) is 0.591. The first-order valence-electron chi connectivity index (χ1n) is 11.3. The van der Waals surface area contributed by atoms with Gasteiger partial charge in [0.2, 0.25) is 5.91 Å². The van der Waals surface area contributed by atoms with Crippen LogP contribution < -0.4 is 10.5 Å². The van der Waals surface area contributed by atoms with E-state index in [1.165, 1.54) is 24.3 Å². The van der Waals surface area contributed by atoms with Crippen LogP contribution >= 0.6 is 11.6 Å². The van der Waals surface area contributed by atoms with Crippen LogP contribution in [0, 0.1) is 23.2 Å². The van der Waals surface area contributed by atoms with Crippen LogP contribution in [-0.4, -0.2) is 60.4 Å². The number of amides is 3. The third-order valence-electron chi connectivity index (χ3n) is 7.65. The number of nitrogens with zero attached hydrogens (tertiary/aromatic N) is 3. The van der Waals surface area contributed by atoms with Crippen molar-refractivity contribution in [3.8, 4) is 6.07 Å². The first-order chi connectivity index (χ1) is 15.7. The summed E-state index contributed by atoms with van der Waals surface area (Å²) in [6.07, 6.45) is 4.24. The van der Waals surface area contributed by atoms with Crippen LogP contribution in [0.2, 0.25) is 5.02 Å². The fourth-order valence-corrected chi connectivity index (χ4v) is 7.02. The Morgan fingerprint density at radius 3 is 2.33 bits per heavy atom. The number of urea groups is 1. The van der Waals surface area contributed by atoms with Crippen LogP contribution in [0.4, 0.5) is 4.79 Å². The van der Waals surface area contributed by atoms with Crippen LogP contribution in [0.15, 0.2) is 29.2 Å². The van der Waals surface area contributed by atoms with Crippen molar-refractivity contribution in [1.82, 2.24) is 14.5 Å². The number of halogens is 1. The molecule has 3 aliphatic heterocycles. The van der Waals surface area contributed by atoms with Gasteiger partial charge in [-0.05, 0) is 74.6 Å². The van der Waals surface area contributed by atoms with Gasteiger partial charge < -0.3 is 15.5 Å². The lowest BCUT2D eigenvalue weighted by Gasteiger charge is -2.41. The van der Waals surface area contributed by atoms with E-state index in [4.69, 9.17) is 17.3 Å². The standard InChI is InChI=1S/C22H26ClN5O4S/c23-14-1-5-18(6-2-14)33(31,32)26-22(30)27-15-3-4-16(27)9-13(8-15)20(25)21(29)28-17(11-24)7-12-10-19(12)28/h1-2,5-6,12-13,15-17,19-20H,3-4,7-10,25H2,(H,26,30). The second kappa shape index (κ2) is 8.15. The zero-order chi connectivity index (χ0) is 23.5. The molecule has 1 aromatic carbocycles. The summed E-state index contributed by atoms with van der Waals surface area (Å²) in [7, 11) is -4.03. The Bertz CT molecular complexity index is 1110. The number of benzene rings is 1. The summed E-state index contributed by atoms with van der Waals surface area (Å²) in [6.45, 7) is 0. The van der Waals surface area contributed by atoms with Gasteiger partial charge in [0.1, 0.15) is 6.04 Å². The molecule has 176 valence electrons. The molecule has 3 heterocycles. The van der Waals surface area contributed by atoms with Crippen molar-refractivity contribution in [3.05, 3.63) is 29.3 Å². The van der Waals surface area contributed by atoms with Gasteiger partial charge in [-0.15, -0.1) is 0 Å². The molecule has 1 saturated carbocycles. The predicted molar refractivity (Wildman–Crippen MR) is 119 cm³/mol. The highest BCUT2D eigenvalue weighted by Gasteiger charge is 2.56. The smallest absolute Gasteiger partial charge is 0.322 e. The van der Waals surface area contributed by atoms with Gasteiger partial charge in [-0.3, -0.25) is 4.79 Å². The molecule has 1 aliphatic carbocycles. The number of rotatable bonds is 4. The van der Waals surface area contributed by atoms with E-state index in [9.17, 15) is 23.3 Å². The van der Waals surface area contributed by atoms with E-state index in [1.807, 2.05) is 0 Å². The summed E-state index contributed by atoms with van der Waals surface area (Å²) in [5.41, 5.74) is 6.41. The molecule has 5 rings (SSSR count). The summed E-state index contributed by atoms with van der Waals surface area (Å²) in [6, 6.07) is 5.87. The van der Waals surface area contributed by atoms with E-state index in [-0.39, 0.29) is 34.8 Å². The average Bonchev–Trinajstić information content (AvgIpc) is 3.36. The van der Waals surface area contributed by atoms with E-state index in [1.54, 1.807) is 9.80 Å². The molecule has 0 aromatic heterocycles. The Morgan fingerprint density at radius 1 is 1.09 bits per heavy atom. The zero-order valence-electron chi connectivity index (χ0n) is 17.9. The maximum atomic E-state index is 13.1. The Labute approximate surface area is 197 Å². The van der Waals surface area contributed by atoms with Crippen molar-refractivity contribution in [3.63, 3.8) is 0 Å². The summed E-state index contributed by atoms with van der Waals surface area (Å²) < 4.78 is 27.4. The van der Waals surface area contributed by atoms with Gasteiger partial charge in [-0.25, -0.2) is 17.9 Å². The molecule has 9 nitrogen and oxygen atoms in total. The number of likely N-dealkylation sites (tertiary alicyclic amines) is 1. The molecule has 4 aliphatic rings. The Morgan fingerprint density at radius 2 is 1.73 bits per heavy atom. The maximum absolute atomic E-state index is 13.1. The maximum Gasteiger partial charge on any atom is 0.331 e. The van der Waals surface area contributed by atoms with Crippen molar-refractivity contribution >= 4 is 33.6 Å². The van der Waals surface area contributed by atoms with Crippen molar-refractivity contribution in [2.45, 2.75) is 73.6 Å². The van der Waals surface area contributed by atoms with Crippen molar-refractivity contribution < 1.29 is 18.0 Å². The van der Waals surface area contributed by atoms with E-state index >= 15 is 0 Å². The number of hydrogen-bond donors (Lipinski definition) is 2. The van der Waals surface area contributed by atoms with Gasteiger partial charge in [-0.2, -0.15) is 5.26 Å². The minimum Gasteiger partial charge on any atom is -0.322 e. The highest BCUT2D eigenvalue weighted by Crippen LogP contribution is 2.48. The predicted octanol–water partition coefficient (Wildman–Crippen LogP) is 1.82. The number of nitriles is 1. The Balaban J connectivity index is 1.25. The van der Waals surface area contributed by atoms with E-state index in [2.05, 4.69) is 10.8 Å². The molecule has 3 saturated heterocycles. The van der Waals surface area contributed by atoms with Crippen molar-refractivity contribution in [1.29, 1.82) is 5.26 Å². The van der Waals surface area contributed by atoms with Crippen molar-refractivity contribution in [2.24, 2.45) is 17.6 Å². The third-order valence-corrected chi connectivity index (χ3v) is 9.24. The first kappa shape index (κ1) is 22.4. The van der Waals surface area contributed by atoms with Gasteiger partial charge in [0.05, 0.1) is 17.0 Å². The third kappa shape index (κ3) is 3.96. The lowest BCUT2D eigenvalue weighted by molar-refractivity contribution is -0.135. The number of carbonyl (C=O) groups excluding carboxylic acids is 2. The van der Waals surface area contributed by atoms with Crippen LogP contribution in [-0.2, 0) is 14.8 Å². The fourth-order valence-electron chi connectivity index (χ4n) is 5.95. The van der Waals surface area contributed by atoms with Gasteiger partial charge >= 0.3 is 6.03 Å². The largest absolute Gasteiger partial charge is 0.331 e. The molecular formula is C22H26ClN5O4S. The monoisotopic (exact) mass is 491 g/mol. The number of fused-ring (bicyclic) bond motifs is 3. The summed E-state index contributed by atoms with van der Waals surface area (Å²) >= 11 is 5.82. The van der Waals surface area contributed by atoms with Gasteiger partial charge in [0.15, 0.2) is 0 Å². The number of hydrogen-bond acceptors (Lipinski definition) is 6. The van der Waals surface area contributed by atoms with Gasteiger partial charge in [-0.1, -0.05) is 11.6 Å². The molecule has 3 N–H and O–H groups in total. The minimum atomic E-state index is -4.03. The lowest BCUT2D eigenvalue weighted by atomic mass is 9.84. The molecule has 0 spiro atoms. The topological polar surface area (TPSA) is 137 Å². The molecule has 1 aromatic rings. The number of nitrogens with two attached hydrogens (primary N) is 1. The van der Waals surface area contributed by atoms with Crippen LogP contribution in [0.25, 0.3) is 0 Å². The Kier molecular flexibility index (Phi) is 5.54. The molecule has 11 heteroatoms. The highest BCUT2D eigenvalue weighted by atomic mass is 35.5. The van der Waals surface area contributed by atoms with E-state index in [0.29, 0.717) is 23.8 Å². The minimum absolute atomic E-state index is 0.0360. The highest BCUT2D eigenvalue weighted by molar-refractivity contribution is 7.90. The summed E-state index contributed by atoms with van der Waals surface area (Å²) in [4.78, 5) is 29.3. The molecule has 0 radical (unpaired) electrons. The van der Waals surface area contributed by atoms with Crippen LogP contribution in [0.5, 0.6) is 0 Å². The van der Waals surface area contributed by atoms with Gasteiger partial charge in [0.25, 0.3) is 10.0 Å². The van der Waals surface area contributed by atoms with Crippen LogP contribution in [0.3, 0.4) is 0 Å². The van der Waals surface area contributed by atoms with Crippen molar-refractivity contribution in [2.75, 3.05) is 0 Å². The van der Waals surface area contributed by atoms with Gasteiger partial charge in [0, 0.05) is 23.1 Å². The number of carbonyl (C=O) groups is 2. The quantitative estimate of drug-likeness (QED) is 0.659. The zero-order valence-corrected chi connectivity index (χ0v) is 19.5. The van der Waals surface area contributed by atoms with E-state index in [0.717, 1.165) is 25.7 Å². The molecular weight excluding hydrogens is 466 g/mol. The second-order valence-electron chi connectivity index (χ2n) is 9.60. The number of piperidine rings is 2. The lowest BCUT2D eigenvalue weighted by Crippen LogP contribution is -2.57. The Hall–Kier alpha value is -2.35. The molecule has 33 heavy (non-hydrogen) atoms. The second-order valence-corrected chi connectivity index (χ2v) is 11.7. The molecule has 6 atom stereocenters. The van der Waals surface area contributed by atoms with E-state index < -0.39 is 28.1 Å². The molecule has 3 amide bonds. The number of nitrogens with one attached hydrogen (secondary N) is 1.